The predicted octanol–water partition coefficient (Wildman–Crippen LogP) is 7.15. The third-order valence-electron chi connectivity index (χ3n) is 5.62. The zero-order chi connectivity index (χ0) is 28.7. The molecule has 2 rings (SSSR count). The topological polar surface area (TPSA) is 76.7 Å². The fourth-order valence-corrected chi connectivity index (χ4v) is 3.71. The molecular formula is C27H32F6N2O4. The molecule has 0 fully saturated rings. The molecule has 39 heavy (non-hydrogen) atoms. The van der Waals surface area contributed by atoms with Crippen LogP contribution in [0.5, 0.6) is 11.5 Å². The molecule has 0 atom stereocenters. The van der Waals surface area contributed by atoms with Crippen molar-refractivity contribution in [3.8, 4) is 11.5 Å². The van der Waals surface area contributed by atoms with E-state index < -0.39 is 12.7 Å². The van der Waals surface area contributed by atoms with Crippen molar-refractivity contribution in [3.05, 3.63) is 59.7 Å². The largest absolute Gasteiger partial charge is 0.573 e. The van der Waals surface area contributed by atoms with Gasteiger partial charge in [0.1, 0.15) is 11.5 Å². The molecule has 12 heteroatoms. The van der Waals surface area contributed by atoms with Gasteiger partial charge in [-0.2, -0.15) is 0 Å². The number of carbonyl (C=O) groups excluding carboxylic acids is 2. The Balaban J connectivity index is 1.42. The zero-order valence-corrected chi connectivity index (χ0v) is 21.3. The van der Waals surface area contributed by atoms with Gasteiger partial charge in [-0.25, -0.2) is 0 Å². The van der Waals surface area contributed by atoms with Gasteiger partial charge in [0.15, 0.2) is 0 Å². The van der Waals surface area contributed by atoms with Crippen molar-refractivity contribution >= 4 is 11.8 Å². The maximum atomic E-state index is 12.2. The molecule has 0 aliphatic heterocycles. The van der Waals surface area contributed by atoms with Crippen molar-refractivity contribution in [2.75, 3.05) is 13.1 Å². The standard InChI is InChI=1S/C27H32F6N2O4/c28-26(29,30)38-22-14-10-20(11-15-22)24(36)34-18-8-6-4-2-1-3-5-7-9-19-35-25(37)21-12-16-23(17-13-21)39-27(31,32)33/h10-17H,1-9,18-19H2,(H,34,36)(H,35,37). The van der Waals surface area contributed by atoms with Gasteiger partial charge in [-0.05, 0) is 61.4 Å². The van der Waals surface area contributed by atoms with Gasteiger partial charge in [0.25, 0.3) is 11.8 Å². The lowest BCUT2D eigenvalue weighted by Gasteiger charge is -2.09. The highest BCUT2D eigenvalue weighted by Crippen LogP contribution is 2.23. The molecule has 0 bridgehead atoms. The summed E-state index contributed by atoms with van der Waals surface area (Å²) in [6.45, 7) is 0.966. The number of halogens is 6. The lowest BCUT2D eigenvalue weighted by molar-refractivity contribution is -0.275. The minimum Gasteiger partial charge on any atom is -0.406 e. The van der Waals surface area contributed by atoms with Gasteiger partial charge in [0.2, 0.25) is 0 Å². The normalized spacial score (nSPS) is 11.6. The summed E-state index contributed by atoms with van der Waals surface area (Å²) in [5, 5.41) is 5.50. The highest BCUT2D eigenvalue weighted by molar-refractivity contribution is 5.94. The number of unbranched alkanes of at least 4 members (excludes halogenated alkanes) is 8. The molecule has 0 heterocycles. The highest BCUT2D eigenvalue weighted by atomic mass is 19.4. The molecule has 0 aliphatic rings. The summed E-state index contributed by atoms with van der Waals surface area (Å²) >= 11 is 0. The predicted molar refractivity (Wildman–Crippen MR) is 132 cm³/mol. The van der Waals surface area contributed by atoms with E-state index in [2.05, 4.69) is 20.1 Å². The number of rotatable bonds is 16. The van der Waals surface area contributed by atoms with Crippen LogP contribution in [0.4, 0.5) is 26.3 Å². The second-order valence-corrected chi connectivity index (χ2v) is 8.84. The van der Waals surface area contributed by atoms with Crippen LogP contribution >= 0.6 is 0 Å². The Hall–Kier alpha value is -3.44. The van der Waals surface area contributed by atoms with Crippen LogP contribution in [0.1, 0.15) is 78.5 Å². The van der Waals surface area contributed by atoms with Crippen molar-refractivity contribution in [1.82, 2.24) is 10.6 Å². The molecule has 216 valence electrons. The first kappa shape index (κ1) is 31.8. The second kappa shape index (κ2) is 15.8. The van der Waals surface area contributed by atoms with E-state index in [1.165, 1.54) is 24.3 Å². The quantitative estimate of drug-likeness (QED) is 0.168. The minimum absolute atomic E-state index is 0.262. The lowest BCUT2D eigenvalue weighted by Crippen LogP contribution is -2.24. The van der Waals surface area contributed by atoms with Gasteiger partial charge in [0.05, 0.1) is 0 Å². The molecule has 0 spiro atoms. The number of hydrogen-bond donors (Lipinski definition) is 2. The van der Waals surface area contributed by atoms with Crippen molar-refractivity contribution in [3.63, 3.8) is 0 Å². The molecule has 2 amide bonds. The van der Waals surface area contributed by atoms with Crippen LogP contribution in [0.3, 0.4) is 0 Å². The number of benzene rings is 2. The van der Waals surface area contributed by atoms with Crippen LogP contribution in [0.2, 0.25) is 0 Å². The van der Waals surface area contributed by atoms with E-state index in [0.29, 0.717) is 13.1 Å². The number of ether oxygens (including phenoxy) is 2. The van der Waals surface area contributed by atoms with Crippen LogP contribution in [0, 0.1) is 0 Å². The van der Waals surface area contributed by atoms with E-state index >= 15 is 0 Å². The summed E-state index contributed by atoms with van der Waals surface area (Å²) in [5.41, 5.74) is 0.524. The van der Waals surface area contributed by atoms with E-state index in [0.717, 1.165) is 82.1 Å². The van der Waals surface area contributed by atoms with Gasteiger partial charge >= 0.3 is 12.7 Å². The first-order valence-electron chi connectivity index (χ1n) is 12.7. The Kier molecular flexibility index (Phi) is 12.9. The highest BCUT2D eigenvalue weighted by Gasteiger charge is 2.31. The van der Waals surface area contributed by atoms with Crippen molar-refractivity contribution in [2.24, 2.45) is 0 Å². The molecule has 2 aromatic rings. The van der Waals surface area contributed by atoms with Crippen LogP contribution in [0.15, 0.2) is 48.5 Å². The monoisotopic (exact) mass is 562 g/mol. The molecule has 0 unspecified atom stereocenters. The van der Waals surface area contributed by atoms with Gasteiger partial charge in [-0.3, -0.25) is 9.59 Å². The number of hydrogen-bond acceptors (Lipinski definition) is 4. The first-order valence-corrected chi connectivity index (χ1v) is 12.7. The van der Waals surface area contributed by atoms with Gasteiger partial charge in [-0.15, -0.1) is 26.3 Å². The van der Waals surface area contributed by atoms with Crippen LogP contribution < -0.4 is 20.1 Å². The van der Waals surface area contributed by atoms with Crippen molar-refractivity contribution in [1.29, 1.82) is 0 Å². The van der Waals surface area contributed by atoms with E-state index in [1.54, 1.807) is 0 Å². The van der Waals surface area contributed by atoms with Gasteiger partial charge in [0, 0.05) is 24.2 Å². The second-order valence-electron chi connectivity index (χ2n) is 8.84. The fraction of sp³-hybridized carbons (Fsp3) is 0.481. The summed E-state index contributed by atoms with van der Waals surface area (Å²) in [6, 6.07) is 9.52. The molecule has 2 aromatic carbocycles. The van der Waals surface area contributed by atoms with Gasteiger partial charge in [-0.1, -0.05) is 44.9 Å². The Morgan fingerprint density at radius 3 is 1.08 bits per heavy atom. The smallest absolute Gasteiger partial charge is 0.406 e. The number of carbonyl (C=O) groups is 2. The third-order valence-corrected chi connectivity index (χ3v) is 5.62. The van der Waals surface area contributed by atoms with Crippen LogP contribution in [-0.2, 0) is 0 Å². The molecule has 0 radical (unpaired) electrons. The Labute approximate surface area is 223 Å². The van der Waals surface area contributed by atoms with Crippen molar-refractivity contribution < 1.29 is 45.4 Å². The summed E-state index contributed by atoms with van der Waals surface area (Å²) < 4.78 is 80.6. The summed E-state index contributed by atoms with van der Waals surface area (Å²) in [5.74, 6) is -1.45. The summed E-state index contributed by atoms with van der Waals surface area (Å²) in [6.07, 6.45) is -0.754. The molecule has 0 saturated heterocycles. The van der Waals surface area contributed by atoms with Crippen molar-refractivity contribution in [2.45, 2.75) is 70.5 Å². The maximum absolute atomic E-state index is 12.2. The molecular weight excluding hydrogens is 530 g/mol. The zero-order valence-electron chi connectivity index (χ0n) is 21.3. The number of amides is 2. The fourth-order valence-electron chi connectivity index (χ4n) is 3.71. The molecule has 0 aliphatic carbocycles. The molecule has 2 N–H and O–H groups in total. The summed E-state index contributed by atoms with van der Waals surface area (Å²) in [4.78, 5) is 24.1. The van der Waals surface area contributed by atoms with Gasteiger partial charge < -0.3 is 20.1 Å². The lowest BCUT2D eigenvalue weighted by atomic mass is 10.1. The Bertz CT molecular complexity index is 927. The first-order chi connectivity index (χ1) is 18.4. The molecule has 0 saturated carbocycles. The van der Waals surface area contributed by atoms with Crippen LogP contribution in [-0.4, -0.2) is 37.6 Å². The third kappa shape index (κ3) is 14.3. The maximum Gasteiger partial charge on any atom is 0.573 e. The number of nitrogens with one attached hydrogen (secondary N) is 2. The number of alkyl halides is 6. The SMILES string of the molecule is O=C(NCCCCCCCCCCCNC(=O)c1ccc(OC(F)(F)F)cc1)c1ccc(OC(F)(F)F)cc1. The average molecular weight is 563 g/mol. The van der Waals surface area contributed by atoms with E-state index in [9.17, 15) is 35.9 Å². The molecule has 0 aromatic heterocycles. The molecule has 6 nitrogen and oxygen atoms in total. The van der Waals surface area contributed by atoms with E-state index in [1.807, 2.05) is 0 Å². The van der Waals surface area contributed by atoms with Crippen LogP contribution in [0.25, 0.3) is 0 Å². The average Bonchev–Trinajstić information content (AvgIpc) is 2.85. The Morgan fingerprint density at radius 2 is 0.795 bits per heavy atom. The Morgan fingerprint density at radius 1 is 0.513 bits per heavy atom. The van der Waals surface area contributed by atoms with E-state index in [-0.39, 0.29) is 34.4 Å². The minimum atomic E-state index is -4.77. The van der Waals surface area contributed by atoms with E-state index in [4.69, 9.17) is 0 Å². The summed E-state index contributed by atoms with van der Waals surface area (Å²) in [7, 11) is 0.